The molecule has 0 saturated heterocycles. The smallest absolute Gasteiger partial charge is 0.277 e. The molecule has 0 aliphatic heterocycles. The summed E-state index contributed by atoms with van der Waals surface area (Å²) in [5.41, 5.74) is 2.28. The highest BCUT2D eigenvalue weighted by atomic mass is 16.1. The van der Waals surface area contributed by atoms with Gasteiger partial charge < -0.3 is 4.98 Å². The molecule has 0 amide bonds. The summed E-state index contributed by atoms with van der Waals surface area (Å²) in [7, 11) is 0. The molecule has 0 atom stereocenters. The maximum Gasteiger partial charge on any atom is 0.277 e. The normalized spacial score (nSPS) is 16.2. The zero-order valence-corrected chi connectivity index (χ0v) is 14.7. The van der Waals surface area contributed by atoms with E-state index >= 15 is 0 Å². The second-order valence-corrected chi connectivity index (χ2v) is 6.89. The molecular formula is C20H24N4O. The molecule has 25 heavy (non-hydrogen) atoms. The molecule has 4 rings (SSSR count). The van der Waals surface area contributed by atoms with Crippen molar-refractivity contribution in [3.63, 3.8) is 0 Å². The minimum absolute atomic E-state index is 0.0990. The number of rotatable bonds is 3. The van der Waals surface area contributed by atoms with Crippen molar-refractivity contribution < 1.29 is 0 Å². The summed E-state index contributed by atoms with van der Waals surface area (Å²) >= 11 is 0. The van der Waals surface area contributed by atoms with Gasteiger partial charge in [0.1, 0.15) is 5.82 Å². The Hall–Kier alpha value is -2.43. The van der Waals surface area contributed by atoms with Crippen LogP contribution in [0.5, 0.6) is 0 Å². The van der Waals surface area contributed by atoms with Gasteiger partial charge in [-0.2, -0.15) is 0 Å². The Labute approximate surface area is 147 Å². The lowest BCUT2D eigenvalue weighted by Gasteiger charge is -2.12. The van der Waals surface area contributed by atoms with Crippen molar-refractivity contribution in [3.05, 3.63) is 52.2 Å². The topological polar surface area (TPSA) is 63.1 Å². The predicted molar refractivity (Wildman–Crippen MR) is 98.9 cm³/mol. The van der Waals surface area contributed by atoms with E-state index in [1.54, 1.807) is 0 Å². The molecule has 1 aliphatic carbocycles. The lowest BCUT2D eigenvalue weighted by molar-refractivity contribution is 0.547. The summed E-state index contributed by atoms with van der Waals surface area (Å²) in [5, 5.41) is 4.78. The molecule has 3 aromatic rings. The van der Waals surface area contributed by atoms with Gasteiger partial charge in [0.25, 0.3) is 5.56 Å². The van der Waals surface area contributed by atoms with E-state index < -0.39 is 0 Å². The van der Waals surface area contributed by atoms with Crippen LogP contribution in [-0.4, -0.2) is 19.6 Å². The summed E-state index contributed by atoms with van der Waals surface area (Å²) in [4.78, 5) is 20.6. The van der Waals surface area contributed by atoms with Gasteiger partial charge in [0, 0.05) is 11.5 Å². The van der Waals surface area contributed by atoms with Crippen LogP contribution in [0.1, 0.15) is 62.9 Å². The van der Waals surface area contributed by atoms with E-state index in [0.717, 1.165) is 36.3 Å². The first-order chi connectivity index (χ1) is 12.3. The van der Waals surface area contributed by atoms with Crippen molar-refractivity contribution in [3.8, 4) is 11.4 Å². The van der Waals surface area contributed by atoms with Gasteiger partial charge in [0.2, 0.25) is 0 Å². The minimum atomic E-state index is -0.0990. The first-order valence-electron chi connectivity index (χ1n) is 9.35. The van der Waals surface area contributed by atoms with E-state index in [4.69, 9.17) is 10.1 Å². The van der Waals surface area contributed by atoms with Gasteiger partial charge in [-0.1, -0.05) is 62.9 Å². The van der Waals surface area contributed by atoms with E-state index in [1.165, 1.54) is 25.7 Å². The number of hydrogen-bond donors (Lipinski definition) is 1. The molecule has 0 spiro atoms. The molecule has 2 aromatic heterocycles. The molecule has 1 saturated carbocycles. The van der Waals surface area contributed by atoms with E-state index in [0.29, 0.717) is 17.3 Å². The van der Waals surface area contributed by atoms with Gasteiger partial charge in [-0.25, -0.2) is 9.50 Å². The second kappa shape index (κ2) is 6.82. The van der Waals surface area contributed by atoms with Crippen molar-refractivity contribution >= 4 is 5.52 Å². The standard InChI is InChI=1S/C20H24N4O/c1-2-16-17-20(25)22-18(14-10-8-5-9-11-14)23-24(17)19(21-16)15-12-6-3-4-7-13-15/h5,8-11,15H,2-4,6-7,12-13H2,1H3,(H,22,23,25). The molecule has 0 bridgehead atoms. The zero-order valence-electron chi connectivity index (χ0n) is 14.7. The quantitative estimate of drug-likeness (QED) is 0.733. The average Bonchev–Trinajstić information content (AvgIpc) is 2.82. The van der Waals surface area contributed by atoms with Crippen LogP contribution in [0.4, 0.5) is 0 Å². The van der Waals surface area contributed by atoms with Crippen molar-refractivity contribution in [2.24, 2.45) is 0 Å². The Bertz CT molecular complexity index is 918. The van der Waals surface area contributed by atoms with Crippen LogP contribution >= 0.6 is 0 Å². The van der Waals surface area contributed by atoms with Crippen LogP contribution in [0.25, 0.3) is 16.9 Å². The van der Waals surface area contributed by atoms with Gasteiger partial charge in [0.05, 0.1) is 5.69 Å². The van der Waals surface area contributed by atoms with Crippen LogP contribution in [-0.2, 0) is 6.42 Å². The third kappa shape index (κ3) is 2.99. The number of H-pyrrole nitrogens is 1. The Kier molecular flexibility index (Phi) is 4.38. The fraction of sp³-hybridized carbons (Fsp3) is 0.450. The van der Waals surface area contributed by atoms with E-state index in [2.05, 4.69) is 4.98 Å². The molecule has 1 N–H and O–H groups in total. The number of hydrogen-bond acceptors (Lipinski definition) is 3. The molecular weight excluding hydrogens is 312 g/mol. The summed E-state index contributed by atoms with van der Waals surface area (Å²) in [6.07, 6.45) is 8.07. The van der Waals surface area contributed by atoms with Gasteiger partial charge >= 0.3 is 0 Å². The number of aromatic amines is 1. The maximum absolute atomic E-state index is 12.8. The van der Waals surface area contributed by atoms with Gasteiger partial charge in [-0.3, -0.25) is 4.79 Å². The Morgan fingerprint density at radius 1 is 1.12 bits per heavy atom. The van der Waals surface area contributed by atoms with Crippen molar-refractivity contribution in [2.75, 3.05) is 0 Å². The first-order valence-corrected chi connectivity index (χ1v) is 9.35. The molecule has 0 radical (unpaired) electrons. The Balaban J connectivity index is 1.90. The number of imidazole rings is 1. The van der Waals surface area contributed by atoms with Crippen LogP contribution in [0.15, 0.2) is 35.1 Å². The minimum Gasteiger partial charge on any atom is -0.303 e. The first kappa shape index (κ1) is 16.1. The lowest BCUT2D eigenvalue weighted by Crippen LogP contribution is -2.16. The molecule has 130 valence electrons. The van der Waals surface area contributed by atoms with Crippen LogP contribution in [0.3, 0.4) is 0 Å². The second-order valence-electron chi connectivity index (χ2n) is 6.89. The summed E-state index contributed by atoms with van der Waals surface area (Å²) in [6.45, 7) is 2.05. The highest BCUT2D eigenvalue weighted by Gasteiger charge is 2.23. The lowest BCUT2D eigenvalue weighted by atomic mass is 10.00. The summed E-state index contributed by atoms with van der Waals surface area (Å²) in [6, 6.07) is 9.80. The number of nitrogens with zero attached hydrogens (tertiary/aromatic N) is 3. The monoisotopic (exact) mass is 336 g/mol. The molecule has 0 unspecified atom stereocenters. The zero-order chi connectivity index (χ0) is 17.2. The van der Waals surface area contributed by atoms with Crippen LogP contribution < -0.4 is 5.56 Å². The molecule has 5 nitrogen and oxygen atoms in total. The molecule has 1 aromatic carbocycles. The van der Waals surface area contributed by atoms with Crippen molar-refractivity contribution in [2.45, 2.75) is 57.8 Å². The molecule has 1 aliphatic rings. The van der Waals surface area contributed by atoms with Gasteiger partial charge in [0.15, 0.2) is 11.3 Å². The summed E-state index contributed by atoms with van der Waals surface area (Å²) < 4.78 is 1.83. The fourth-order valence-electron chi connectivity index (χ4n) is 3.87. The Morgan fingerprint density at radius 3 is 2.52 bits per heavy atom. The predicted octanol–water partition coefficient (Wildman–Crippen LogP) is 4.08. The van der Waals surface area contributed by atoms with Crippen LogP contribution in [0.2, 0.25) is 0 Å². The van der Waals surface area contributed by atoms with Crippen molar-refractivity contribution in [1.82, 2.24) is 19.6 Å². The highest BCUT2D eigenvalue weighted by molar-refractivity contribution is 5.58. The average molecular weight is 336 g/mol. The van der Waals surface area contributed by atoms with E-state index in [9.17, 15) is 4.79 Å². The third-order valence-corrected chi connectivity index (χ3v) is 5.20. The maximum atomic E-state index is 12.8. The van der Waals surface area contributed by atoms with Crippen LogP contribution in [0, 0.1) is 0 Å². The van der Waals surface area contributed by atoms with Crippen molar-refractivity contribution in [1.29, 1.82) is 0 Å². The number of benzene rings is 1. The highest BCUT2D eigenvalue weighted by Crippen LogP contribution is 2.31. The molecule has 5 heteroatoms. The van der Waals surface area contributed by atoms with E-state index in [-0.39, 0.29) is 5.56 Å². The van der Waals surface area contributed by atoms with E-state index in [1.807, 2.05) is 41.8 Å². The number of aromatic nitrogens is 4. The Morgan fingerprint density at radius 2 is 1.84 bits per heavy atom. The third-order valence-electron chi connectivity index (χ3n) is 5.20. The molecule has 2 heterocycles. The SMILES string of the molecule is CCc1nc(C2CCCCCC2)n2nc(-c3ccccc3)[nH]c(=O)c12. The summed E-state index contributed by atoms with van der Waals surface area (Å²) in [5.74, 6) is 1.97. The number of aryl methyl sites for hydroxylation is 1. The number of nitrogens with one attached hydrogen (secondary N) is 1. The largest absolute Gasteiger partial charge is 0.303 e. The fourth-order valence-corrected chi connectivity index (χ4v) is 3.87. The number of fused-ring (bicyclic) bond motifs is 1. The van der Waals surface area contributed by atoms with Gasteiger partial charge in [-0.05, 0) is 19.3 Å². The molecule has 1 fully saturated rings. The van der Waals surface area contributed by atoms with Gasteiger partial charge in [-0.15, -0.1) is 5.10 Å².